The third kappa shape index (κ3) is 2.93. The second-order valence-electron chi connectivity index (χ2n) is 5.62. The van der Waals surface area contributed by atoms with E-state index in [0.29, 0.717) is 5.56 Å². The van der Waals surface area contributed by atoms with E-state index in [1.807, 2.05) is 37.2 Å². The molecule has 4 nitrogen and oxygen atoms in total. The van der Waals surface area contributed by atoms with E-state index < -0.39 is 5.54 Å². The summed E-state index contributed by atoms with van der Waals surface area (Å²) in [4.78, 5) is 14.4. The molecule has 2 rings (SSSR count). The molecule has 1 aliphatic rings. The minimum Gasteiger partial charge on any atom is -0.377 e. The molecule has 0 aromatic heterocycles. The Kier molecular flexibility index (Phi) is 4.29. The molecule has 0 atom stereocenters. The molecule has 20 heavy (non-hydrogen) atoms. The summed E-state index contributed by atoms with van der Waals surface area (Å²) in [5, 5.41) is 12.4. The number of carbonyl (C=O) groups is 1. The predicted octanol–water partition coefficient (Wildman–Crippen LogP) is 2.71. The van der Waals surface area contributed by atoms with Gasteiger partial charge < -0.3 is 10.2 Å². The van der Waals surface area contributed by atoms with E-state index in [2.05, 4.69) is 11.4 Å². The molecule has 1 amide bonds. The molecule has 0 spiro atoms. The number of para-hydroxylation sites is 1. The second kappa shape index (κ2) is 5.96. The van der Waals surface area contributed by atoms with E-state index >= 15 is 0 Å². The van der Waals surface area contributed by atoms with Gasteiger partial charge >= 0.3 is 0 Å². The minimum absolute atomic E-state index is 0.155. The summed E-state index contributed by atoms with van der Waals surface area (Å²) in [6.07, 6.45) is 4.65. The first-order valence-corrected chi connectivity index (χ1v) is 7.08. The molecule has 0 radical (unpaired) electrons. The molecule has 4 heteroatoms. The Labute approximate surface area is 120 Å². The average molecular weight is 271 g/mol. The Bertz CT molecular complexity index is 525. The van der Waals surface area contributed by atoms with Gasteiger partial charge in [-0.2, -0.15) is 5.26 Å². The van der Waals surface area contributed by atoms with Crippen LogP contribution in [0.5, 0.6) is 0 Å². The molecule has 1 N–H and O–H groups in total. The van der Waals surface area contributed by atoms with E-state index in [1.54, 1.807) is 6.07 Å². The minimum atomic E-state index is -0.686. The number of nitrogens with zero attached hydrogens (tertiary/aromatic N) is 2. The fraction of sp³-hybridized carbons (Fsp3) is 0.500. The zero-order chi connectivity index (χ0) is 14.6. The first-order valence-electron chi connectivity index (χ1n) is 7.08. The molecule has 1 aromatic carbocycles. The van der Waals surface area contributed by atoms with E-state index in [9.17, 15) is 10.1 Å². The van der Waals surface area contributed by atoms with Gasteiger partial charge in [-0.1, -0.05) is 31.4 Å². The smallest absolute Gasteiger partial charge is 0.254 e. The lowest BCUT2D eigenvalue weighted by Crippen LogP contribution is -2.48. The van der Waals surface area contributed by atoms with Gasteiger partial charge in [0.1, 0.15) is 5.54 Å². The van der Waals surface area contributed by atoms with Crippen molar-refractivity contribution in [2.24, 2.45) is 0 Å². The van der Waals surface area contributed by atoms with Crippen LogP contribution in [0.15, 0.2) is 24.3 Å². The standard InChI is InChI=1S/C16H21N3O/c1-19(2)14-9-5-4-8-13(14)15(20)18-16(12-17)10-6-3-7-11-16/h4-5,8-9H,3,6-7,10-11H2,1-2H3,(H,18,20). The summed E-state index contributed by atoms with van der Waals surface area (Å²) >= 11 is 0. The Morgan fingerprint density at radius 2 is 1.90 bits per heavy atom. The van der Waals surface area contributed by atoms with Gasteiger partial charge in [-0.25, -0.2) is 0 Å². The molecular weight excluding hydrogens is 250 g/mol. The van der Waals surface area contributed by atoms with Gasteiger partial charge in [0.05, 0.1) is 11.6 Å². The van der Waals surface area contributed by atoms with E-state index in [-0.39, 0.29) is 5.91 Å². The number of rotatable bonds is 3. The number of nitriles is 1. The highest BCUT2D eigenvalue weighted by molar-refractivity contribution is 6.00. The van der Waals surface area contributed by atoms with E-state index in [0.717, 1.165) is 37.8 Å². The molecule has 0 unspecified atom stereocenters. The maximum absolute atomic E-state index is 12.5. The predicted molar refractivity (Wildman–Crippen MR) is 79.7 cm³/mol. The number of anilines is 1. The lowest BCUT2D eigenvalue weighted by molar-refractivity contribution is 0.0903. The number of hydrogen-bond acceptors (Lipinski definition) is 3. The van der Waals surface area contributed by atoms with Crippen molar-refractivity contribution in [3.8, 4) is 6.07 Å². The Balaban J connectivity index is 2.22. The zero-order valence-corrected chi connectivity index (χ0v) is 12.1. The molecule has 1 aliphatic carbocycles. The molecule has 1 aromatic rings. The molecule has 0 aliphatic heterocycles. The summed E-state index contributed by atoms with van der Waals surface area (Å²) in [7, 11) is 3.82. The first-order chi connectivity index (χ1) is 9.58. The Morgan fingerprint density at radius 3 is 2.50 bits per heavy atom. The normalized spacial score (nSPS) is 17.1. The molecule has 106 valence electrons. The van der Waals surface area contributed by atoms with Crippen molar-refractivity contribution in [2.75, 3.05) is 19.0 Å². The number of carbonyl (C=O) groups excluding carboxylic acids is 1. The lowest BCUT2D eigenvalue weighted by atomic mass is 9.82. The van der Waals surface area contributed by atoms with Crippen molar-refractivity contribution < 1.29 is 4.79 Å². The van der Waals surface area contributed by atoms with Gasteiger partial charge in [0.15, 0.2) is 0 Å². The van der Waals surface area contributed by atoms with Crippen LogP contribution in [0.25, 0.3) is 0 Å². The quantitative estimate of drug-likeness (QED) is 0.919. The van der Waals surface area contributed by atoms with Gasteiger partial charge in [0.25, 0.3) is 5.91 Å². The van der Waals surface area contributed by atoms with Crippen LogP contribution in [0.4, 0.5) is 5.69 Å². The molecular formula is C16H21N3O. The fourth-order valence-electron chi connectivity index (χ4n) is 2.76. The summed E-state index contributed by atoms with van der Waals surface area (Å²) in [6, 6.07) is 9.80. The summed E-state index contributed by atoms with van der Waals surface area (Å²) in [5.74, 6) is -0.155. The molecule has 0 saturated heterocycles. The van der Waals surface area contributed by atoms with Crippen molar-refractivity contribution in [3.05, 3.63) is 29.8 Å². The SMILES string of the molecule is CN(C)c1ccccc1C(=O)NC1(C#N)CCCCC1. The van der Waals surface area contributed by atoms with Crippen LogP contribution >= 0.6 is 0 Å². The van der Waals surface area contributed by atoms with Crippen LogP contribution in [0.3, 0.4) is 0 Å². The number of benzene rings is 1. The maximum atomic E-state index is 12.5. The largest absolute Gasteiger partial charge is 0.377 e. The zero-order valence-electron chi connectivity index (χ0n) is 12.1. The molecule has 0 heterocycles. The molecule has 1 saturated carbocycles. The van der Waals surface area contributed by atoms with E-state index in [4.69, 9.17) is 0 Å². The van der Waals surface area contributed by atoms with Crippen molar-refractivity contribution in [3.63, 3.8) is 0 Å². The highest BCUT2D eigenvalue weighted by atomic mass is 16.1. The van der Waals surface area contributed by atoms with Crippen LogP contribution in [0.1, 0.15) is 42.5 Å². The number of nitrogens with one attached hydrogen (secondary N) is 1. The number of amides is 1. The second-order valence-corrected chi connectivity index (χ2v) is 5.62. The molecule has 1 fully saturated rings. The Morgan fingerprint density at radius 1 is 1.25 bits per heavy atom. The van der Waals surface area contributed by atoms with Crippen LogP contribution in [0.2, 0.25) is 0 Å². The molecule has 0 bridgehead atoms. The summed E-state index contributed by atoms with van der Waals surface area (Å²) in [5.41, 5.74) is 0.806. The first kappa shape index (κ1) is 14.4. The van der Waals surface area contributed by atoms with Gasteiger partial charge in [-0.15, -0.1) is 0 Å². The van der Waals surface area contributed by atoms with Crippen LogP contribution in [0, 0.1) is 11.3 Å². The van der Waals surface area contributed by atoms with Crippen molar-refractivity contribution in [2.45, 2.75) is 37.6 Å². The van der Waals surface area contributed by atoms with Crippen LogP contribution < -0.4 is 10.2 Å². The van der Waals surface area contributed by atoms with Gasteiger partial charge in [-0.05, 0) is 25.0 Å². The van der Waals surface area contributed by atoms with E-state index in [1.165, 1.54) is 0 Å². The third-order valence-corrected chi connectivity index (χ3v) is 3.90. The van der Waals surface area contributed by atoms with Crippen molar-refractivity contribution in [1.29, 1.82) is 5.26 Å². The van der Waals surface area contributed by atoms with Crippen molar-refractivity contribution in [1.82, 2.24) is 5.32 Å². The number of hydrogen-bond donors (Lipinski definition) is 1. The summed E-state index contributed by atoms with van der Waals surface area (Å²) < 4.78 is 0. The van der Waals surface area contributed by atoms with Crippen LogP contribution in [-0.4, -0.2) is 25.5 Å². The summed E-state index contributed by atoms with van der Waals surface area (Å²) in [6.45, 7) is 0. The van der Waals surface area contributed by atoms with Crippen LogP contribution in [-0.2, 0) is 0 Å². The third-order valence-electron chi connectivity index (χ3n) is 3.90. The van der Waals surface area contributed by atoms with Crippen molar-refractivity contribution >= 4 is 11.6 Å². The topological polar surface area (TPSA) is 56.1 Å². The average Bonchev–Trinajstić information content (AvgIpc) is 2.48. The highest BCUT2D eigenvalue weighted by Crippen LogP contribution is 2.28. The monoisotopic (exact) mass is 271 g/mol. The Hall–Kier alpha value is -2.02. The maximum Gasteiger partial charge on any atom is 0.254 e. The fourth-order valence-corrected chi connectivity index (χ4v) is 2.76. The highest BCUT2D eigenvalue weighted by Gasteiger charge is 2.34. The van der Waals surface area contributed by atoms with Gasteiger partial charge in [-0.3, -0.25) is 4.79 Å². The van der Waals surface area contributed by atoms with Gasteiger partial charge in [0.2, 0.25) is 0 Å². The van der Waals surface area contributed by atoms with Gasteiger partial charge in [0, 0.05) is 19.8 Å². The lowest BCUT2D eigenvalue weighted by Gasteiger charge is -2.32.